The lowest BCUT2D eigenvalue weighted by Crippen LogP contribution is -2.09. The Hall–Kier alpha value is -1.92. The van der Waals surface area contributed by atoms with Gasteiger partial charge in [-0.3, -0.25) is 0 Å². The minimum absolute atomic E-state index is 0.423. The van der Waals surface area contributed by atoms with Gasteiger partial charge in [0.05, 0.1) is 26.0 Å². The monoisotopic (exact) mass is 233 g/mol. The predicted octanol–water partition coefficient (Wildman–Crippen LogP) is 1.52. The Kier molecular flexibility index (Phi) is 3.60. The van der Waals surface area contributed by atoms with E-state index in [2.05, 4.69) is 14.5 Å². The molecule has 16 heavy (non-hydrogen) atoms. The van der Waals surface area contributed by atoms with Crippen molar-refractivity contribution in [2.24, 2.45) is 0 Å². The Bertz CT molecular complexity index is 409. The molecule has 0 radical (unpaired) electrons. The van der Waals surface area contributed by atoms with Gasteiger partial charge >= 0.3 is 5.97 Å². The van der Waals surface area contributed by atoms with Crippen molar-refractivity contribution in [3.63, 3.8) is 0 Å². The highest BCUT2D eigenvalue weighted by atomic mass is 19.3. The maximum atomic E-state index is 12.7. The highest BCUT2D eigenvalue weighted by Crippen LogP contribution is 2.35. The first-order valence-corrected chi connectivity index (χ1v) is 4.15. The topological polar surface area (TPSA) is 68.7 Å². The van der Waals surface area contributed by atoms with Crippen molar-refractivity contribution in [2.75, 3.05) is 14.2 Å². The van der Waals surface area contributed by atoms with E-state index in [0.29, 0.717) is 0 Å². The van der Waals surface area contributed by atoms with E-state index in [9.17, 15) is 18.7 Å². The highest BCUT2D eigenvalue weighted by Gasteiger charge is 2.28. The maximum Gasteiger partial charge on any atom is 0.342 e. The minimum atomic E-state index is -3.01. The Morgan fingerprint density at radius 2 is 2.12 bits per heavy atom. The van der Waals surface area contributed by atoms with Gasteiger partial charge in [0.25, 0.3) is 6.43 Å². The standard InChI is InChI=1S/C9H9F2NO4/c1-15-8-6(7(10)11)5(9(14)16-2)4(13)3-12-8/h3,7,13H,1-2H3. The molecule has 0 aromatic carbocycles. The zero-order valence-electron chi connectivity index (χ0n) is 8.53. The van der Waals surface area contributed by atoms with Crippen LogP contribution in [0.15, 0.2) is 6.20 Å². The van der Waals surface area contributed by atoms with E-state index in [4.69, 9.17) is 0 Å². The van der Waals surface area contributed by atoms with E-state index >= 15 is 0 Å². The molecule has 0 amide bonds. The van der Waals surface area contributed by atoms with Gasteiger partial charge in [0.2, 0.25) is 5.88 Å². The van der Waals surface area contributed by atoms with Crippen molar-refractivity contribution in [3.8, 4) is 11.6 Å². The average Bonchev–Trinajstić information content (AvgIpc) is 2.27. The molecule has 0 atom stereocenters. The first kappa shape index (κ1) is 12.2. The van der Waals surface area contributed by atoms with Crippen LogP contribution in [0.5, 0.6) is 11.6 Å². The number of rotatable bonds is 3. The summed E-state index contributed by atoms with van der Waals surface area (Å²) in [6, 6.07) is 0. The molecule has 88 valence electrons. The van der Waals surface area contributed by atoms with E-state index in [1.165, 1.54) is 0 Å². The van der Waals surface area contributed by atoms with Crippen molar-refractivity contribution in [3.05, 3.63) is 17.3 Å². The van der Waals surface area contributed by atoms with Gasteiger partial charge in [-0.1, -0.05) is 0 Å². The van der Waals surface area contributed by atoms with Crippen LogP contribution in [0.3, 0.4) is 0 Å². The molecule has 5 nitrogen and oxygen atoms in total. The molecule has 0 aliphatic rings. The van der Waals surface area contributed by atoms with Gasteiger partial charge in [-0.05, 0) is 0 Å². The van der Waals surface area contributed by atoms with Crippen molar-refractivity contribution in [1.82, 2.24) is 4.98 Å². The van der Waals surface area contributed by atoms with E-state index in [1.54, 1.807) is 0 Å². The molecule has 0 spiro atoms. The maximum absolute atomic E-state index is 12.7. The molecule has 0 saturated heterocycles. The van der Waals surface area contributed by atoms with Crippen LogP contribution in [-0.2, 0) is 4.74 Å². The number of carbonyl (C=O) groups is 1. The van der Waals surface area contributed by atoms with Gasteiger partial charge in [-0.2, -0.15) is 0 Å². The van der Waals surface area contributed by atoms with E-state index < -0.39 is 35.2 Å². The lowest BCUT2D eigenvalue weighted by atomic mass is 10.1. The lowest BCUT2D eigenvalue weighted by Gasteiger charge is -2.11. The molecule has 0 unspecified atom stereocenters. The number of nitrogens with zero attached hydrogens (tertiary/aromatic N) is 1. The largest absolute Gasteiger partial charge is 0.505 e. The van der Waals surface area contributed by atoms with Crippen LogP contribution in [0.1, 0.15) is 22.3 Å². The van der Waals surface area contributed by atoms with Crippen LogP contribution >= 0.6 is 0 Å². The number of aromatic nitrogens is 1. The minimum Gasteiger partial charge on any atom is -0.505 e. The summed E-state index contributed by atoms with van der Waals surface area (Å²) in [4.78, 5) is 14.7. The van der Waals surface area contributed by atoms with E-state index in [-0.39, 0.29) is 0 Å². The molecule has 1 rings (SSSR count). The molecule has 0 fully saturated rings. The van der Waals surface area contributed by atoms with Crippen LogP contribution in [-0.4, -0.2) is 30.3 Å². The summed E-state index contributed by atoms with van der Waals surface area (Å²) in [7, 11) is 2.15. The normalized spacial score (nSPS) is 10.3. The number of pyridine rings is 1. The summed E-state index contributed by atoms with van der Waals surface area (Å²) in [5.41, 5.74) is -1.42. The summed E-state index contributed by atoms with van der Waals surface area (Å²) < 4.78 is 34.3. The molecular weight excluding hydrogens is 224 g/mol. The number of aromatic hydroxyl groups is 1. The van der Waals surface area contributed by atoms with Crippen molar-refractivity contribution < 1.29 is 28.2 Å². The molecule has 1 aromatic rings. The zero-order valence-corrected chi connectivity index (χ0v) is 8.53. The van der Waals surface area contributed by atoms with Crippen LogP contribution in [0.25, 0.3) is 0 Å². The molecule has 1 aromatic heterocycles. The summed E-state index contributed by atoms with van der Waals surface area (Å²) in [5, 5.41) is 9.31. The average molecular weight is 233 g/mol. The number of halogens is 2. The second-order valence-electron chi connectivity index (χ2n) is 2.73. The SMILES string of the molecule is COC(=O)c1c(O)cnc(OC)c1C(F)F. The van der Waals surface area contributed by atoms with Gasteiger partial charge in [-0.15, -0.1) is 0 Å². The van der Waals surface area contributed by atoms with E-state index in [1.807, 2.05) is 0 Å². The van der Waals surface area contributed by atoms with Crippen molar-refractivity contribution in [1.29, 1.82) is 0 Å². The summed E-state index contributed by atoms with van der Waals surface area (Å²) >= 11 is 0. The van der Waals surface area contributed by atoms with Gasteiger partial charge < -0.3 is 14.6 Å². The third-order valence-electron chi connectivity index (χ3n) is 1.86. The smallest absolute Gasteiger partial charge is 0.342 e. The summed E-state index contributed by atoms with van der Waals surface area (Å²) in [6.07, 6.45) is -2.17. The Morgan fingerprint density at radius 3 is 2.56 bits per heavy atom. The molecule has 0 saturated carbocycles. The number of hydrogen-bond donors (Lipinski definition) is 1. The summed E-state index contributed by atoms with van der Waals surface area (Å²) in [5.74, 6) is -2.18. The molecule has 0 aliphatic carbocycles. The summed E-state index contributed by atoms with van der Waals surface area (Å²) in [6.45, 7) is 0. The fourth-order valence-corrected chi connectivity index (χ4v) is 1.18. The quantitative estimate of drug-likeness (QED) is 0.801. The molecular formula is C9H9F2NO4. The molecule has 0 aliphatic heterocycles. The lowest BCUT2D eigenvalue weighted by molar-refractivity contribution is 0.0583. The van der Waals surface area contributed by atoms with E-state index in [0.717, 1.165) is 20.4 Å². The Morgan fingerprint density at radius 1 is 1.50 bits per heavy atom. The van der Waals surface area contributed by atoms with Crippen LogP contribution < -0.4 is 4.74 Å². The van der Waals surface area contributed by atoms with Crippen LogP contribution in [0, 0.1) is 0 Å². The van der Waals surface area contributed by atoms with Gasteiger partial charge in [0.15, 0.2) is 0 Å². The number of hydrogen-bond acceptors (Lipinski definition) is 5. The first-order chi connectivity index (χ1) is 7.52. The number of methoxy groups -OCH3 is 2. The number of alkyl halides is 2. The third kappa shape index (κ3) is 2.02. The molecule has 1 N–H and O–H groups in total. The zero-order chi connectivity index (χ0) is 12.3. The van der Waals surface area contributed by atoms with Crippen LogP contribution in [0.2, 0.25) is 0 Å². The molecule has 1 heterocycles. The van der Waals surface area contributed by atoms with Crippen LogP contribution in [0.4, 0.5) is 8.78 Å². The Labute approximate surface area is 89.6 Å². The van der Waals surface area contributed by atoms with Gasteiger partial charge in [0.1, 0.15) is 11.3 Å². The fraction of sp³-hybridized carbons (Fsp3) is 0.333. The number of ether oxygens (including phenoxy) is 2. The predicted molar refractivity (Wildman–Crippen MR) is 48.8 cm³/mol. The molecule has 0 bridgehead atoms. The molecule has 7 heteroatoms. The second-order valence-corrected chi connectivity index (χ2v) is 2.73. The van der Waals surface area contributed by atoms with Gasteiger partial charge in [0, 0.05) is 0 Å². The second kappa shape index (κ2) is 4.73. The van der Waals surface area contributed by atoms with Crippen molar-refractivity contribution >= 4 is 5.97 Å². The third-order valence-corrected chi connectivity index (χ3v) is 1.86. The number of esters is 1. The van der Waals surface area contributed by atoms with Crippen molar-refractivity contribution in [2.45, 2.75) is 6.43 Å². The highest BCUT2D eigenvalue weighted by molar-refractivity contribution is 5.94. The van der Waals surface area contributed by atoms with Gasteiger partial charge in [-0.25, -0.2) is 18.6 Å². The number of carbonyl (C=O) groups excluding carboxylic acids is 1. The first-order valence-electron chi connectivity index (χ1n) is 4.15. The Balaban J connectivity index is 3.48. The fourth-order valence-electron chi connectivity index (χ4n) is 1.18.